The maximum absolute atomic E-state index is 5.25. The molecule has 0 aliphatic rings. The fraction of sp³-hybridized carbons (Fsp3) is 0.900. The van der Waals surface area contributed by atoms with E-state index in [4.69, 9.17) is 12.2 Å². The van der Waals surface area contributed by atoms with E-state index in [0.29, 0.717) is 6.04 Å². The summed E-state index contributed by atoms with van der Waals surface area (Å²) in [5.41, 5.74) is 0. The fourth-order valence-electron chi connectivity index (χ4n) is 0.971. The molecule has 0 aromatic rings. The summed E-state index contributed by atoms with van der Waals surface area (Å²) < 4.78 is 0. The lowest BCUT2D eigenvalue weighted by molar-refractivity contribution is 0.375. The van der Waals surface area contributed by atoms with E-state index >= 15 is 0 Å². The molecule has 0 heterocycles. The molecule has 0 saturated heterocycles. The van der Waals surface area contributed by atoms with Crippen molar-refractivity contribution in [1.82, 2.24) is 10.2 Å². The van der Waals surface area contributed by atoms with Gasteiger partial charge in [-0.2, -0.15) is 0 Å². The minimum Gasteiger partial charge on any atom is -0.363 e. The van der Waals surface area contributed by atoms with Crippen LogP contribution in [-0.4, -0.2) is 29.6 Å². The molecular formula is C10H22N2S. The van der Waals surface area contributed by atoms with Crippen LogP contribution in [0.1, 0.15) is 40.0 Å². The first kappa shape index (κ1) is 12.7. The van der Waals surface area contributed by atoms with Gasteiger partial charge < -0.3 is 10.2 Å². The Labute approximate surface area is 87.7 Å². The minimum atomic E-state index is 0.529. The molecule has 0 aromatic carbocycles. The Bertz CT molecular complexity index is 148. The van der Waals surface area contributed by atoms with Crippen LogP contribution >= 0.6 is 12.2 Å². The lowest BCUT2D eigenvalue weighted by Gasteiger charge is -2.26. The van der Waals surface area contributed by atoms with E-state index in [1.54, 1.807) is 0 Å². The molecule has 0 aliphatic heterocycles. The molecule has 2 nitrogen and oxygen atoms in total. The van der Waals surface area contributed by atoms with Gasteiger partial charge in [0.1, 0.15) is 0 Å². The molecule has 0 rings (SSSR count). The number of rotatable bonds is 5. The van der Waals surface area contributed by atoms with Crippen molar-refractivity contribution in [3.05, 3.63) is 0 Å². The van der Waals surface area contributed by atoms with Crippen LogP contribution in [0.25, 0.3) is 0 Å². The second-order valence-electron chi connectivity index (χ2n) is 3.45. The molecule has 0 aromatic heterocycles. The van der Waals surface area contributed by atoms with Gasteiger partial charge in [0, 0.05) is 19.6 Å². The van der Waals surface area contributed by atoms with Gasteiger partial charge in [0.25, 0.3) is 0 Å². The maximum atomic E-state index is 5.25. The van der Waals surface area contributed by atoms with Gasteiger partial charge in [-0.15, -0.1) is 0 Å². The summed E-state index contributed by atoms with van der Waals surface area (Å²) in [6, 6.07) is 0.529. The van der Waals surface area contributed by atoms with Crippen molar-refractivity contribution in [2.24, 2.45) is 0 Å². The highest BCUT2D eigenvalue weighted by molar-refractivity contribution is 7.80. The van der Waals surface area contributed by atoms with Crippen LogP contribution < -0.4 is 5.32 Å². The quantitative estimate of drug-likeness (QED) is 0.544. The molecule has 0 amide bonds. The lowest BCUT2D eigenvalue weighted by atomic mass is 10.2. The summed E-state index contributed by atoms with van der Waals surface area (Å²) in [6.45, 7) is 7.54. The van der Waals surface area contributed by atoms with Crippen LogP contribution in [0.5, 0.6) is 0 Å². The third-order valence-electron chi connectivity index (χ3n) is 2.38. The molecule has 0 radical (unpaired) electrons. The molecule has 1 N–H and O–H groups in total. The van der Waals surface area contributed by atoms with Crippen molar-refractivity contribution in [3.63, 3.8) is 0 Å². The van der Waals surface area contributed by atoms with Gasteiger partial charge in [-0.05, 0) is 32.0 Å². The third-order valence-corrected chi connectivity index (χ3v) is 2.81. The molecule has 1 unspecified atom stereocenters. The molecule has 0 aliphatic carbocycles. The van der Waals surface area contributed by atoms with E-state index in [1.165, 1.54) is 12.8 Å². The maximum Gasteiger partial charge on any atom is 0.168 e. The molecule has 1 atom stereocenters. The number of thiocarbonyl (C=S) groups is 1. The number of hydrogen-bond acceptors (Lipinski definition) is 1. The summed E-state index contributed by atoms with van der Waals surface area (Å²) >= 11 is 5.25. The number of nitrogens with one attached hydrogen (secondary N) is 1. The Morgan fingerprint density at radius 1 is 1.46 bits per heavy atom. The second-order valence-corrected chi connectivity index (χ2v) is 3.84. The molecular weight excluding hydrogens is 180 g/mol. The summed E-state index contributed by atoms with van der Waals surface area (Å²) in [5.74, 6) is 0. The van der Waals surface area contributed by atoms with Gasteiger partial charge >= 0.3 is 0 Å². The summed E-state index contributed by atoms with van der Waals surface area (Å²) in [7, 11) is 2.05. The molecule has 0 spiro atoms. The van der Waals surface area contributed by atoms with Crippen LogP contribution in [0.4, 0.5) is 0 Å². The van der Waals surface area contributed by atoms with Crippen LogP contribution in [0, 0.1) is 0 Å². The number of nitrogens with zero attached hydrogens (tertiary/aromatic N) is 1. The van der Waals surface area contributed by atoms with Gasteiger partial charge in [0.2, 0.25) is 0 Å². The van der Waals surface area contributed by atoms with Crippen molar-refractivity contribution in [3.8, 4) is 0 Å². The molecule has 13 heavy (non-hydrogen) atoms. The Balaban J connectivity index is 3.69. The predicted octanol–water partition coefficient (Wildman–Crippen LogP) is 2.39. The molecule has 0 bridgehead atoms. The average Bonchev–Trinajstić information content (AvgIpc) is 2.15. The predicted molar refractivity (Wildman–Crippen MR) is 63.0 cm³/mol. The van der Waals surface area contributed by atoms with Crippen LogP contribution in [-0.2, 0) is 0 Å². The van der Waals surface area contributed by atoms with Crippen molar-refractivity contribution < 1.29 is 0 Å². The van der Waals surface area contributed by atoms with Gasteiger partial charge in [-0.1, -0.05) is 20.3 Å². The van der Waals surface area contributed by atoms with Crippen LogP contribution in [0.2, 0.25) is 0 Å². The molecule has 0 fully saturated rings. The standard InChI is InChI=1S/C10H22N2S/c1-5-7-8-11-10(13)12(4)9(3)6-2/h9H,5-8H2,1-4H3,(H,11,13). The molecule has 0 saturated carbocycles. The van der Waals surface area contributed by atoms with E-state index in [1.807, 2.05) is 0 Å². The SMILES string of the molecule is CCCCNC(=S)N(C)C(C)CC. The van der Waals surface area contributed by atoms with Crippen molar-refractivity contribution in [2.75, 3.05) is 13.6 Å². The smallest absolute Gasteiger partial charge is 0.168 e. The van der Waals surface area contributed by atoms with E-state index < -0.39 is 0 Å². The first-order valence-electron chi connectivity index (χ1n) is 5.14. The number of unbranched alkanes of at least 4 members (excludes halogenated alkanes) is 1. The van der Waals surface area contributed by atoms with Crippen molar-refractivity contribution in [2.45, 2.75) is 46.1 Å². The Morgan fingerprint density at radius 3 is 2.54 bits per heavy atom. The normalized spacial score (nSPS) is 12.3. The van der Waals surface area contributed by atoms with E-state index in [9.17, 15) is 0 Å². The minimum absolute atomic E-state index is 0.529. The topological polar surface area (TPSA) is 15.3 Å². The van der Waals surface area contributed by atoms with Crippen molar-refractivity contribution in [1.29, 1.82) is 0 Å². The lowest BCUT2D eigenvalue weighted by Crippen LogP contribution is -2.42. The third kappa shape index (κ3) is 5.09. The average molecular weight is 202 g/mol. The fourth-order valence-corrected chi connectivity index (χ4v) is 1.25. The highest BCUT2D eigenvalue weighted by Crippen LogP contribution is 2.00. The Hall–Kier alpha value is -0.310. The van der Waals surface area contributed by atoms with E-state index in [2.05, 4.69) is 38.0 Å². The Morgan fingerprint density at radius 2 is 2.08 bits per heavy atom. The van der Waals surface area contributed by atoms with Gasteiger partial charge in [0.05, 0.1) is 0 Å². The van der Waals surface area contributed by atoms with Gasteiger partial charge in [-0.25, -0.2) is 0 Å². The summed E-state index contributed by atoms with van der Waals surface area (Å²) in [5, 5.41) is 4.13. The summed E-state index contributed by atoms with van der Waals surface area (Å²) in [6.07, 6.45) is 3.53. The highest BCUT2D eigenvalue weighted by Gasteiger charge is 2.08. The zero-order valence-electron chi connectivity index (χ0n) is 9.26. The van der Waals surface area contributed by atoms with Crippen LogP contribution in [0.3, 0.4) is 0 Å². The summed E-state index contributed by atoms with van der Waals surface area (Å²) in [4.78, 5) is 2.13. The van der Waals surface area contributed by atoms with Gasteiger partial charge in [-0.3, -0.25) is 0 Å². The van der Waals surface area contributed by atoms with E-state index in [-0.39, 0.29) is 0 Å². The molecule has 78 valence electrons. The Kier molecular flexibility index (Phi) is 6.96. The molecule has 3 heteroatoms. The second kappa shape index (κ2) is 7.13. The van der Waals surface area contributed by atoms with Crippen molar-refractivity contribution >= 4 is 17.3 Å². The first-order valence-corrected chi connectivity index (χ1v) is 5.54. The van der Waals surface area contributed by atoms with Gasteiger partial charge in [0.15, 0.2) is 5.11 Å². The first-order chi connectivity index (χ1) is 6.13. The number of hydrogen-bond donors (Lipinski definition) is 1. The highest BCUT2D eigenvalue weighted by atomic mass is 32.1. The monoisotopic (exact) mass is 202 g/mol. The largest absolute Gasteiger partial charge is 0.363 e. The van der Waals surface area contributed by atoms with Crippen LogP contribution in [0.15, 0.2) is 0 Å². The van der Waals surface area contributed by atoms with E-state index in [0.717, 1.165) is 18.1 Å². The zero-order chi connectivity index (χ0) is 10.3. The zero-order valence-corrected chi connectivity index (χ0v) is 10.1.